The lowest BCUT2D eigenvalue weighted by molar-refractivity contribution is -0.146. The highest BCUT2D eigenvalue weighted by atomic mass is 32.1. The first-order valence-electron chi connectivity index (χ1n) is 5.54. The molecule has 0 saturated heterocycles. The fraction of sp³-hybridized carbons (Fsp3) is 0.300. The maximum atomic E-state index is 11.5. The van der Waals surface area contributed by atoms with Crippen LogP contribution in [0.5, 0.6) is 0 Å². The lowest BCUT2D eigenvalue weighted by Crippen LogP contribution is -2.38. The summed E-state index contributed by atoms with van der Waals surface area (Å²) in [6.07, 6.45) is -1.64. The quantitative estimate of drug-likeness (QED) is 0.621. The molecule has 0 saturated carbocycles. The molecule has 0 radical (unpaired) electrons. The predicted octanol–water partition coefficient (Wildman–Crippen LogP) is -1.04. The van der Waals surface area contributed by atoms with Gasteiger partial charge in [-0.2, -0.15) is 16.1 Å². The molecule has 0 aliphatic carbocycles. The maximum Gasteiger partial charge on any atom is 0.334 e. The molecule has 20 heavy (non-hydrogen) atoms. The van der Waals surface area contributed by atoms with E-state index in [0.29, 0.717) is 5.82 Å². The Morgan fingerprint density at radius 1 is 1.50 bits per heavy atom. The molecule has 2 aromatic rings. The Bertz CT molecular complexity index is 597. The van der Waals surface area contributed by atoms with Crippen LogP contribution in [0.15, 0.2) is 16.8 Å². The Morgan fingerprint density at radius 3 is 2.95 bits per heavy atom. The molecule has 9 nitrogen and oxygen atoms in total. The van der Waals surface area contributed by atoms with Crippen molar-refractivity contribution in [3.05, 3.63) is 16.8 Å². The number of carbonyl (C=O) groups is 2. The highest BCUT2D eigenvalue weighted by Crippen LogP contribution is 2.16. The van der Waals surface area contributed by atoms with Crippen LogP contribution in [0.4, 0.5) is 0 Å². The van der Waals surface area contributed by atoms with Crippen LogP contribution in [0.2, 0.25) is 0 Å². The van der Waals surface area contributed by atoms with Crippen molar-refractivity contribution in [1.82, 2.24) is 25.5 Å². The number of hydrogen-bond acceptors (Lipinski definition) is 7. The summed E-state index contributed by atoms with van der Waals surface area (Å²) in [5.74, 6) is -1.51. The Kier molecular flexibility index (Phi) is 4.38. The zero-order valence-corrected chi connectivity index (χ0v) is 10.9. The van der Waals surface area contributed by atoms with Crippen molar-refractivity contribution in [2.75, 3.05) is 6.54 Å². The lowest BCUT2D eigenvalue weighted by atomic mass is 10.3. The van der Waals surface area contributed by atoms with Crippen molar-refractivity contribution < 1.29 is 19.8 Å². The second kappa shape index (κ2) is 6.21. The molecular formula is C10H11N5O4S. The van der Waals surface area contributed by atoms with Crippen molar-refractivity contribution in [2.45, 2.75) is 12.6 Å². The second-order valence-electron chi connectivity index (χ2n) is 3.81. The number of nitrogens with one attached hydrogen (secondary N) is 1. The van der Waals surface area contributed by atoms with Gasteiger partial charge in [0.1, 0.15) is 6.54 Å². The number of carboxylic acids is 1. The van der Waals surface area contributed by atoms with Crippen molar-refractivity contribution in [2.24, 2.45) is 0 Å². The zero-order valence-electron chi connectivity index (χ0n) is 10.1. The number of aliphatic carboxylic acids is 1. The van der Waals surface area contributed by atoms with Gasteiger partial charge in [-0.15, -0.1) is 10.2 Å². The number of rotatable bonds is 6. The Labute approximate surface area is 116 Å². The van der Waals surface area contributed by atoms with E-state index in [2.05, 4.69) is 20.7 Å². The molecule has 2 heterocycles. The summed E-state index contributed by atoms with van der Waals surface area (Å²) < 4.78 is 0. The average molecular weight is 297 g/mol. The molecule has 0 aliphatic rings. The van der Waals surface area contributed by atoms with Crippen LogP contribution in [0.25, 0.3) is 11.4 Å². The summed E-state index contributed by atoms with van der Waals surface area (Å²) in [6, 6.07) is 1.83. The normalized spacial score (nSPS) is 12.1. The summed E-state index contributed by atoms with van der Waals surface area (Å²) in [5.41, 5.74) is 0.808. The van der Waals surface area contributed by atoms with E-state index < -0.39 is 18.0 Å². The third-order valence-electron chi connectivity index (χ3n) is 2.29. The largest absolute Gasteiger partial charge is 0.479 e. The molecule has 3 N–H and O–H groups in total. The summed E-state index contributed by atoms with van der Waals surface area (Å²) >= 11 is 1.49. The first kappa shape index (κ1) is 14.1. The second-order valence-corrected chi connectivity index (χ2v) is 4.59. The van der Waals surface area contributed by atoms with Gasteiger partial charge in [0, 0.05) is 10.9 Å². The minimum atomic E-state index is -1.64. The zero-order chi connectivity index (χ0) is 14.5. The van der Waals surface area contributed by atoms with Gasteiger partial charge in [-0.05, 0) is 16.7 Å². The SMILES string of the molecule is O=C(Cn1nnc(-c2ccsc2)n1)NCC(O)C(=O)O. The number of carbonyl (C=O) groups excluding carboxylic acids is 1. The first-order chi connectivity index (χ1) is 9.56. The molecule has 1 atom stereocenters. The van der Waals surface area contributed by atoms with Crippen LogP contribution in [0.3, 0.4) is 0 Å². The molecule has 0 fully saturated rings. The monoisotopic (exact) mass is 297 g/mol. The number of carboxylic acid groups (broad SMARTS) is 1. The fourth-order valence-electron chi connectivity index (χ4n) is 1.30. The van der Waals surface area contributed by atoms with E-state index in [1.54, 1.807) is 0 Å². The van der Waals surface area contributed by atoms with Crippen LogP contribution in [-0.4, -0.2) is 54.9 Å². The molecule has 2 aromatic heterocycles. The van der Waals surface area contributed by atoms with E-state index in [1.165, 1.54) is 11.3 Å². The van der Waals surface area contributed by atoms with Gasteiger partial charge in [-0.25, -0.2) is 4.79 Å². The number of tetrazole rings is 1. The van der Waals surface area contributed by atoms with Crippen LogP contribution < -0.4 is 5.32 Å². The average Bonchev–Trinajstić information content (AvgIpc) is 3.05. The lowest BCUT2D eigenvalue weighted by Gasteiger charge is -2.06. The molecule has 106 valence electrons. The smallest absolute Gasteiger partial charge is 0.334 e. The number of aliphatic hydroxyl groups is 1. The molecule has 1 amide bonds. The minimum Gasteiger partial charge on any atom is -0.479 e. The number of nitrogens with zero attached hydrogens (tertiary/aromatic N) is 4. The van der Waals surface area contributed by atoms with Gasteiger partial charge in [0.25, 0.3) is 0 Å². The maximum absolute atomic E-state index is 11.5. The van der Waals surface area contributed by atoms with Crippen LogP contribution >= 0.6 is 11.3 Å². The van der Waals surface area contributed by atoms with Gasteiger partial charge >= 0.3 is 5.97 Å². The predicted molar refractivity (Wildman–Crippen MR) is 67.8 cm³/mol. The summed E-state index contributed by atoms with van der Waals surface area (Å²) in [5, 5.41) is 35.0. The molecule has 1 unspecified atom stereocenters. The van der Waals surface area contributed by atoms with E-state index in [4.69, 9.17) is 10.2 Å². The van der Waals surface area contributed by atoms with Crippen molar-refractivity contribution in [3.63, 3.8) is 0 Å². The summed E-state index contributed by atoms with van der Waals surface area (Å²) in [6.45, 7) is -0.580. The van der Waals surface area contributed by atoms with Crippen LogP contribution in [-0.2, 0) is 16.1 Å². The first-order valence-corrected chi connectivity index (χ1v) is 6.48. The molecule has 0 aromatic carbocycles. The Morgan fingerprint density at radius 2 is 2.30 bits per heavy atom. The fourth-order valence-corrected chi connectivity index (χ4v) is 1.93. The van der Waals surface area contributed by atoms with E-state index in [-0.39, 0.29) is 13.1 Å². The van der Waals surface area contributed by atoms with Gasteiger partial charge in [-0.1, -0.05) is 0 Å². The summed E-state index contributed by atoms with van der Waals surface area (Å²) in [7, 11) is 0. The van der Waals surface area contributed by atoms with Gasteiger partial charge in [0.2, 0.25) is 11.7 Å². The number of hydrogen-bond donors (Lipinski definition) is 3. The van der Waals surface area contributed by atoms with Gasteiger partial charge in [-0.3, -0.25) is 4.79 Å². The molecule has 2 rings (SSSR count). The van der Waals surface area contributed by atoms with Crippen molar-refractivity contribution >= 4 is 23.2 Å². The number of amides is 1. The summed E-state index contributed by atoms with van der Waals surface area (Å²) in [4.78, 5) is 23.0. The molecule has 0 spiro atoms. The third kappa shape index (κ3) is 3.59. The molecule has 0 bridgehead atoms. The van der Waals surface area contributed by atoms with Crippen LogP contribution in [0, 0.1) is 0 Å². The molecule has 0 aliphatic heterocycles. The van der Waals surface area contributed by atoms with E-state index >= 15 is 0 Å². The van der Waals surface area contributed by atoms with E-state index in [9.17, 15) is 9.59 Å². The van der Waals surface area contributed by atoms with Crippen molar-refractivity contribution in [3.8, 4) is 11.4 Å². The highest BCUT2D eigenvalue weighted by Gasteiger charge is 2.15. The van der Waals surface area contributed by atoms with Gasteiger partial charge in [0.05, 0.1) is 6.54 Å². The minimum absolute atomic E-state index is 0.205. The van der Waals surface area contributed by atoms with Crippen LogP contribution in [0.1, 0.15) is 0 Å². The van der Waals surface area contributed by atoms with Gasteiger partial charge < -0.3 is 15.5 Å². The highest BCUT2D eigenvalue weighted by molar-refractivity contribution is 7.08. The standard InChI is InChI=1S/C10H11N5O4S/c16-7(10(18)19)3-11-8(17)4-15-13-9(12-14-15)6-1-2-20-5-6/h1-2,5,7,16H,3-4H2,(H,11,17)(H,18,19). The Balaban J connectivity index is 1.87. The van der Waals surface area contributed by atoms with Crippen molar-refractivity contribution in [1.29, 1.82) is 0 Å². The van der Waals surface area contributed by atoms with Gasteiger partial charge in [0.15, 0.2) is 6.10 Å². The number of aromatic nitrogens is 4. The topological polar surface area (TPSA) is 130 Å². The molecule has 10 heteroatoms. The number of thiophene rings is 1. The molecular weight excluding hydrogens is 286 g/mol. The van der Waals surface area contributed by atoms with E-state index in [0.717, 1.165) is 10.4 Å². The van der Waals surface area contributed by atoms with E-state index in [1.807, 2.05) is 16.8 Å². The number of aliphatic hydroxyl groups excluding tert-OH is 1. The Hall–Kier alpha value is -2.33. The third-order valence-corrected chi connectivity index (χ3v) is 2.98.